The van der Waals surface area contributed by atoms with Crippen LogP contribution in [0.25, 0.3) is 28.0 Å². The highest BCUT2D eigenvalue weighted by atomic mass is 19.1. The van der Waals surface area contributed by atoms with Gasteiger partial charge in [0.2, 0.25) is 5.91 Å². The molecule has 0 unspecified atom stereocenters. The second-order valence-electron chi connectivity index (χ2n) is 11.2. The lowest BCUT2D eigenvalue weighted by Crippen LogP contribution is -2.46. The van der Waals surface area contributed by atoms with Gasteiger partial charge in [-0.05, 0) is 69.5 Å². The van der Waals surface area contributed by atoms with Crippen molar-refractivity contribution in [2.45, 2.75) is 46.1 Å². The van der Waals surface area contributed by atoms with Gasteiger partial charge in [0.1, 0.15) is 28.8 Å². The van der Waals surface area contributed by atoms with E-state index in [0.29, 0.717) is 60.5 Å². The van der Waals surface area contributed by atoms with Crippen molar-refractivity contribution in [1.29, 1.82) is 5.26 Å². The Kier molecular flexibility index (Phi) is 7.36. The lowest BCUT2D eigenvalue weighted by Gasteiger charge is -2.40. The predicted octanol–water partition coefficient (Wildman–Crippen LogP) is 5.88. The molecule has 0 atom stereocenters. The van der Waals surface area contributed by atoms with Crippen LogP contribution in [0.3, 0.4) is 0 Å². The largest absolute Gasteiger partial charge is 0.357 e. The van der Waals surface area contributed by atoms with Gasteiger partial charge in [0, 0.05) is 48.3 Å². The van der Waals surface area contributed by atoms with Crippen molar-refractivity contribution in [2.24, 2.45) is 5.41 Å². The van der Waals surface area contributed by atoms with Crippen LogP contribution in [0.4, 0.5) is 15.9 Å². The quantitative estimate of drug-likeness (QED) is 0.257. The molecular formula is C32H32FN9O. The molecule has 0 aliphatic carbocycles. The number of pyridine rings is 1. The highest BCUT2D eigenvalue weighted by molar-refractivity contribution is 5.95. The number of rotatable bonds is 7. The van der Waals surface area contributed by atoms with Crippen LogP contribution in [0.5, 0.6) is 0 Å². The minimum atomic E-state index is -0.500. The van der Waals surface area contributed by atoms with Crippen LogP contribution in [0.2, 0.25) is 0 Å². The molecule has 0 bridgehead atoms. The van der Waals surface area contributed by atoms with Crippen LogP contribution < -0.4 is 10.2 Å². The molecular weight excluding hydrogens is 545 g/mol. The molecule has 5 heterocycles. The number of halogens is 1. The van der Waals surface area contributed by atoms with Gasteiger partial charge in [0.25, 0.3) is 0 Å². The number of hydrogen-bond donors (Lipinski definition) is 1. The van der Waals surface area contributed by atoms with Crippen molar-refractivity contribution in [3.8, 4) is 28.6 Å². The van der Waals surface area contributed by atoms with E-state index in [9.17, 15) is 14.4 Å². The van der Waals surface area contributed by atoms with E-state index in [-0.39, 0.29) is 17.8 Å². The van der Waals surface area contributed by atoms with Gasteiger partial charge >= 0.3 is 0 Å². The summed E-state index contributed by atoms with van der Waals surface area (Å²) >= 11 is 0. The number of anilines is 2. The first-order chi connectivity index (χ1) is 20.8. The molecule has 6 rings (SSSR count). The normalized spacial score (nSPS) is 14.7. The van der Waals surface area contributed by atoms with Gasteiger partial charge in [-0.15, -0.1) is 0 Å². The molecule has 1 N–H and O–H groups in total. The van der Waals surface area contributed by atoms with E-state index in [1.807, 2.05) is 36.1 Å². The molecule has 1 amide bonds. The first kappa shape index (κ1) is 28.0. The third-order valence-corrected chi connectivity index (χ3v) is 8.37. The Morgan fingerprint density at radius 3 is 2.44 bits per heavy atom. The van der Waals surface area contributed by atoms with Crippen LogP contribution in [-0.2, 0) is 4.79 Å². The lowest BCUT2D eigenvalue weighted by atomic mass is 9.75. The first-order valence-corrected chi connectivity index (χ1v) is 14.4. The van der Waals surface area contributed by atoms with Crippen molar-refractivity contribution in [3.63, 3.8) is 0 Å². The molecule has 10 nitrogen and oxygen atoms in total. The standard InChI is InChI=1S/C32H32FN9O/c1-4-32(31(43)38-26-8-6-25(33)7-9-26)11-13-40(14-12-32)28-10-5-22(16-35-28)29-30-23(15-34)17-37-42(30)20-27(39-29)24-18-36-41(19-24)21(2)3/h5-10,16-21H,4,11-14H2,1-3H3,(H,38,43). The minimum absolute atomic E-state index is 0.0346. The van der Waals surface area contributed by atoms with Crippen molar-refractivity contribution in [3.05, 3.63) is 78.8 Å². The monoisotopic (exact) mass is 577 g/mol. The summed E-state index contributed by atoms with van der Waals surface area (Å²) in [6.07, 6.45) is 10.9. The summed E-state index contributed by atoms with van der Waals surface area (Å²) in [7, 11) is 0. The topological polar surface area (TPSA) is 117 Å². The Balaban J connectivity index is 1.23. The number of aromatic nitrogens is 6. The molecule has 0 spiro atoms. The molecule has 43 heavy (non-hydrogen) atoms. The average Bonchev–Trinajstić information content (AvgIpc) is 3.70. The Morgan fingerprint density at radius 1 is 1.05 bits per heavy atom. The number of piperidine rings is 1. The number of benzene rings is 1. The van der Waals surface area contributed by atoms with Gasteiger partial charge in [-0.3, -0.25) is 9.48 Å². The number of nitrogens with zero attached hydrogens (tertiary/aromatic N) is 8. The van der Waals surface area contributed by atoms with Gasteiger partial charge in [0.05, 0.1) is 35.4 Å². The molecule has 1 saturated heterocycles. The highest BCUT2D eigenvalue weighted by Gasteiger charge is 2.40. The van der Waals surface area contributed by atoms with Gasteiger partial charge in [0.15, 0.2) is 0 Å². The van der Waals surface area contributed by atoms with Crippen molar-refractivity contribution >= 4 is 22.9 Å². The number of fused-ring (bicyclic) bond motifs is 1. The van der Waals surface area contributed by atoms with Gasteiger partial charge in [-0.1, -0.05) is 6.92 Å². The van der Waals surface area contributed by atoms with Crippen LogP contribution in [-0.4, -0.2) is 48.4 Å². The molecule has 1 aliphatic rings. The first-order valence-electron chi connectivity index (χ1n) is 14.4. The summed E-state index contributed by atoms with van der Waals surface area (Å²) in [5, 5.41) is 21.6. The molecule has 11 heteroatoms. The predicted molar refractivity (Wildman–Crippen MR) is 162 cm³/mol. The average molecular weight is 578 g/mol. The van der Waals surface area contributed by atoms with Crippen LogP contribution in [0.15, 0.2) is 67.4 Å². The van der Waals surface area contributed by atoms with E-state index in [4.69, 9.17) is 9.97 Å². The minimum Gasteiger partial charge on any atom is -0.357 e. The van der Waals surface area contributed by atoms with Crippen LogP contribution in [0, 0.1) is 22.6 Å². The number of nitrogens with one attached hydrogen (secondary N) is 1. The number of carbonyl (C=O) groups is 1. The Morgan fingerprint density at radius 2 is 1.81 bits per heavy atom. The third-order valence-electron chi connectivity index (χ3n) is 8.37. The fourth-order valence-corrected chi connectivity index (χ4v) is 5.60. The lowest BCUT2D eigenvalue weighted by molar-refractivity contribution is -0.127. The molecule has 0 saturated carbocycles. The van der Waals surface area contributed by atoms with Crippen molar-refractivity contribution in [1.82, 2.24) is 29.4 Å². The number of nitriles is 1. The summed E-state index contributed by atoms with van der Waals surface area (Å²) in [4.78, 5) is 25.2. The molecule has 218 valence electrons. The maximum Gasteiger partial charge on any atom is 0.230 e. The number of carbonyl (C=O) groups excluding carboxylic acids is 1. The molecule has 0 radical (unpaired) electrons. The summed E-state index contributed by atoms with van der Waals surface area (Å²) < 4.78 is 16.9. The number of hydrogen-bond acceptors (Lipinski definition) is 7. The fourth-order valence-electron chi connectivity index (χ4n) is 5.60. The fraction of sp³-hybridized carbons (Fsp3) is 0.312. The van der Waals surface area contributed by atoms with Crippen molar-refractivity contribution < 1.29 is 9.18 Å². The SMILES string of the molecule is CCC1(C(=O)Nc2ccc(F)cc2)CCN(c2ccc(-c3nc(-c4cnn(C(C)C)c4)cn4ncc(C#N)c34)cn2)CC1. The molecule has 1 aliphatic heterocycles. The second kappa shape index (κ2) is 11.3. The maximum absolute atomic E-state index is 13.3. The van der Waals surface area contributed by atoms with Gasteiger partial charge in [-0.25, -0.2) is 18.9 Å². The highest BCUT2D eigenvalue weighted by Crippen LogP contribution is 2.38. The van der Waals surface area contributed by atoms with E-state index in [0.717, 1.165) is 16.9 Å². The van der Waals surface area contributed by atoms with E-state index in [2.05, 4.69) is 40.3 Å². The summed E-state index contributed by atoms with van der Waals surface area (Å²) in [6.45, 7) is 7.51. The van der Waals surface area contributed by atoms with Gasteiger partial charge < -0.3 is 10.2 Å². The maximum atomic E-state index is 13.3. The molecule has 5 aromatic rings. The summed E-state index contributed by atoms with van der Waals surface area (Å²) in [6, 6.07) is 12.2. The Hall–Kier alpha value is -5.11. The van der Waals surface area contributed by atoms with Crippen molar-refractivity contribution in [2.75, 3.05) is 23.3 Å². The van der Waals surface area contributed by atoms with Gasteiger partial charge in [-0.2, -0.15) is 15.5 Å². The zero-order valence-corrected chi connectivity index (χ0v) is 24.3. The van der Waals surface area contributed by atoms with Crippen LogP contribution in [0.1, 0.15) is 51.6 Å². The third kappa shape index (κ3) is 5.32. The zero-order valence-electron chi connectivity index (χ0n) is 24.3. The summed E-state index contributed by atoms with van der Waals surface area (Å²) in [5.41, 5.74) is 4.07. The van der Waals surface area contributed by atoms with E-state index >= 15 is 0 Å². The summed E-state index contributed by atoms with van der Waals surface area (Å²) in [5.74, 6) is 0.441. The van der Waals surface area contributed by atoms with E-state index in [1.165, 1.54) is 12.1 Å². The molecule has 1 fully saturated rings. The smallest absolute Gasteiger partial charge is 0.230 e. The Labute approximate surface area is 248 Å². The van der Waals surface area contributed by atoms with Crippen LogP contribution >= 0.6 is 0 Å². The molecule has 4 aromatic heterocycles. The number of amides is 1. The molecule has 1 aromatic carbocycles. The zero-order chi connectivity index (χ0) is 30.1. The Bertz CT molecular complexity index is 1810. The second-order valence-corrected chi connectivity index (χ2v) is 11.2. The van der Waals surface area contributed by atoms with E-state index < -0.39 is 5.41 Å². The van der Waals surface area contributed by atoms with E-state index in [1.54, 1.807) is 35.2 Å².